The molecular weight excluding hydrogens is 368 g/mol. The van der Waals surface area contributed by atoms with Crippen LogP contribution in [-0.4, -0.2) is 41.5 Å². The van der Waals surface area contributed by atoms with Crippen LogP contribution in [-0.2, 0) is 9.53 Å². The molecule has 1 amide bonds. The van der Waals surface area contributed by atoms with Crippen molar-refractivity contribution in [1.82, 2.24) is 14.8 Å². The van der Waals surface area contributed by atoms with Crippen LogP contribution in [0, 0.1) is 6.92 Å². The maximum atomic E-state index is 12.9. The number of aromatic nitrogens is 3. The van der Waals surface area contributed by atoms with Gasteiger partial charge in [0.2, 0.25) is 5.95 Å². The first-order valence-electron chi connectivity index (χ1n) is 9.53. The second kappa shape index (κ2) is 8.05. The maximum Gasteiger partial charge on any atom is 0.255 e. The molecule has 150 valence electrons. The van der Waals surface area contributed by atoms with Crippen molar-refractivity contribution in [2.24, 2.45) is 0 Å². The number of carbonyl (C=O) groups is 1. The third kappa shape index (κ3) is 3.61. The summed E-state index contributed by atoms with van der Waals surface area (Å²) in [4.78, 5) is 19.1. The molecule has 2 atom stereocenters. The first-order valence-corrected chi connectivity index (χ1v) is 9.53. The molecule has 0 unspecified atom stereocenters. The Morgan fingerprint density at radius 1 is 1.03 bits per heavy atom. The van der Waals surface area contributed by atoms with Crippen LogP contribution >= 0.6 is 0 Å². The van der Waals surface area contributed by atoms with Gasteiger partial charge in [-0.1, -0.05) is 42.0 Å². The number of aryl methyl sites for hydroxylation is 1. The van der Waals surface area contributed by atoms with Gasteiger partial charge in [-0.3, -0.25) is 9.69 Å². The minimum atomic E-state index is -0.165. The van der Waals surface area contributed by atoms with Crippen molar-refractivity contribution in [3.63, 3.8) is 0 Å². The van der Waals surface area contributed by atoms with Gasteiger partial charge in [-0.15, -0.1) is 0 Å². The number of hydrogen-bond acceptors (Lipinski definition) is 5. The lowest BCUT2D eigenvalue weighted by Crippen LogP contribution is -2.44. The predicted molar refractivity (Wildman–Crippen MR) is 109 cm³/mol. The summed E-state index contributed by atoms with van der Waals surface area (Å²) in [6, 6.07) is 16.0. The lowest BCUT2D eigenvalue weighted by Gasteiger charge is -2.39. The van der Waals surface area contributed by atoms with Crippen LogP contribution in [0.25, 0.3) is 0 Å². The average Bonchev–Trinajstić information content (AvgIpc) is 3.23. The van der Waals surface area contributed by atoms with Crippen molar-refractivity contribution >= 4 is 11.9 Å². The van der Waals surface area contributed by atoms with E-state index in [1.54, 1.807) is 12.0 Å². The van der Waals surface area contributed by atoms with Crippen LogP contribution in [0.5, 0.6) is 5.75 Å². The second-order valence-corrected chi connectivity index (χ2v) is 7.15. The van der Waals surface area contributed by atoms with Crippen molar-refractivity contribution in [1.29, 1.82) is 0 Å². The molecule has 0 saturated heterocycles. The van der Waals surface area contributed by atoms with E-state index in [1.807, 2.05) is 28.9 Å². The van der Waals surface area contributed by atoms with E-state index in [-0.39, 0.29) is 24.6 Å². The SMILES string of the molecule is COCC(=O)N1c2ncnn2[C@@H](c2ccc(OC)cc2)C[C@H]1c1ccc(C)cc1. The number of ether oxygens (including phenoxy) is 2. The highest BCUT2D eigenvalue weighted by molar-refractivity contribution is 5.93. The van der Waals surface area contributed by atoms with E-state index in [9.17, 15) is 4.79 Å². The van der Waals surface area contributed by atoms with Gasteiger partial charge >= 0.3 is 0 Å². The zero-order valence-electron chi connectivity index (χ0n) is 16.8. The lowest BCUT2D eigenvalue weighted by atomic mass is 9.91. The molecule has 4 rings (SSSR count). The highest BCUT2D eigenvalue weighted by atomic mass is 16.5. The van der Waals surface area contributed by atoms with Crippen LogP contribution in [0.3, 0.4) is 0 Å². The molecule has 0 saturated carbocycles. The van der Waals surface area contributed by atoms with Gasteiger partial charge in [0, 0.05) is 7.11 Å². The molecule has 0 N–H and O–H groups in total. The van der Waals surface area contributed by atoms with Crippen molar-refractivity contribution in [3.8, 4) is 5.75 Å². The van der Waals surface area contributed by atoms with E-state index in [2.05, 4.69) is 41.3 Å². The smallest absolute Gasteiger partial charge is 0.255 e. The average molecular weight is 392 g/mol. The molecule has 0 radical (unpaired) electrons. The Kier molecular flexibility index (Phi) is 5.31. The van der Waals surface area contributed by atoms with E-state index >= 15 is 0 Å². The van der Waals surface area contributed by atoms with Gasteiger partial charge < -0.3 is 9.47 Å². The third-order valence-corrected chi connectivity index (χ3v) is 5.32. The van der Waals surface area contributed by atoms with Gasteiger partial charge in [0.1, 0.15) is 18.7 Å². The van der Waals surface area contributed by atoms with E-state index in [4.69, 9.17) is 9.47 Å². The number of nitrogens with zero attached hydrogens (tertiary/aromatic N) is 4. The van der Waals surface area contributed by atoms with E-state index in [1.165, 1.54) is 19.0 Å². The summed E-state index contributed by atoms with van der Waals surface area (Å²) in [5.74, 6) is 1.19. The zero-order valence-corrected chi connectivity index (χ0v) is 16.8. The molecule has 7 nitrogen and oxygen atoms in total. The summed E-state index contributed by atoms with van der Waals surface area (Å²) in [7, 11) is 3.17. The number of benzene rings is 2. The highest BCUT2D eigenvalue weighted by Crippen LogP contribution is 2.42. The number of fused-ring (bicyclic) bond motifs is 1. The molecule has 0 fully saturated rings. The highest BCUT2D eigenvalue weighted by Gasteiger charge is 2.39. The Balaban J connectivity index is 1.79. The molecule has 29 heavy (non-hydrogen) atoms. The van der Waals surface area contributed by atoms with E-state index < -0.39 is 0 Å². The van der Waals surface area contributed by atoms with Crippen molar-refractivity contribution in [2.75, 3.05) is 25.7 Å². The predicted octanol–water partition coefficient (Wildman–Crippen LogP) is 3.31. The molecule has 7 heteroatoms. The monoisotopic (exact) mass is 392 g/mol. The van der Waals surface area contributed by atoms with Gasteiger partial charge in [-0.2, -0.15) is 10.1 Å². The third-order valence-electron chi connectivity index (χ3n) is 5.32. The summed E-state index contributed by atoms with van der Waals surface area (Å²) in [5, 5.41) is 4.43. The van der Waals surface area contributed by atoms with Crippen molar-refractivity contribution < 1.29 is 14.3 Å². The molecule has 1 aromatic heterocycles. The minimum Gasteiger partial charge on any atom is -0.497 e. The van der Waals surface area contributed by atoms with E-state index in [0.29, 0.717) is 12.4 Å². The Morgan fingerprint density at radius 3 is 2.34 bits per heavy atom. The molecule has 0 spiro atoms. The number of methoxy groups -OCH3 is 2. The topological polar surface area (TPSA) is 69.5 Å². The van der Waals surface area contributed by atoms with Gasteiger partial charge in [0.15, 0.2) is 0 Å². The molecule has 2 aromatic carbocycles. The summed E-state index contributed by atoms with van der Waals surface area (Å²) in [5.41, 5.74) is 3.33. The number of amides is 1. The largest absolute Gasteiger partial charge is 0.497 e. The van der Waals surface area contributed by atoms with Crippen LogP contribution in [0.2, 0.25) is 0 Å². The van der Waals surface area contributed by atoms with Crippen LogP contribution in [0.15, 0.2) is 54.9 Å². The Bertz CT molecular complexity index is 982. The normalized spacial score (nSPS) is 18.4. The molecule has 1 aliphatic rings. The van der Waals surface area contributed by atoms with E-state index in [0.717, 1.165) is 16.9 Å². The van der Waals surface area contributed by atoms with Gasteiger partial charge in [-0.25, -0.2) is 4.68 Å². The molecule has 0 aliphatic carbocycles. The quantitative estimate of drug-likeness (QED) is 0.666. The van der Waals surface area contributed by atoms with Crippen LogP contribution in [0.1, 0.15) is 35.2 Å². The first-order chi connectivity index (χ1) is 14.1. The van der Waals surface area contributed by atoms with Crippen LogP contribution < -0.4 is 9.64 Å². The standard InChI is InChI=1S/C22H24N4O3/c1-15-4-6-16(7-5-15)19-12-20(17-8-10-18(29-3)11-9-17)26-22(23-14-24-26)25(19)21(27)13-28-2/h4-11,14,19-20H,12-13H2,1-3H3/t19-,20+/m0/s1. The van der Waals surface area contributed by atoms with Gasteiger partial charge in [-0.05, 0) is 36.6 Å². The fourth-order valence-electron chi connectivity index (χ4n) is 3.85. The second-order valence-electron chi connectivity index (χ2n) is 7.15. The number of hydrogen-bond donors (Lipinski definition) is 0. The Hall–Kier alpha value is -3.19. The zero-order chi connectivity index (χ0) is 20.4. The minimum absolute atomic E-state index is 0.0115. The molecular formula is C22H24N4O3. The summed E-state index contributed by atoms with van der Waals surface area (Å²) in [6.45, 7) is 2.04. The summed E-state index contributed by atoms with van der Waals surface area (Å²) >= 11 is 0. The van der Waals surface area contributed by atoms with Crippen molar-refractivity contribution in [2.45, 2.75) is 25.4 Å². The van der Waals surface area contributed by atoms with Crippen LogP contribution in [0.4, 0.5) is 5.95 Å². The Labute approximate surface area is 169 Å². The Morgan fingerprint density at radius 2 is 1.69 bits per heavy atom. The molecule has 1 aliphatic heterocycles. The number of rotatable bonds is 5. The summed E-state index contributed by atoms with van der Waals surface area (Å²) in [6.07, 6.45) is 2.18. The van der Waals surface area contributed by atoms with Gasteiger partial charge in [0.25, 0.3) is 5.91 Å². The molecule has 2 heterocycles. The first kappa shape index (κ1) is 19.1. The maximum absolute atomic E-state index is 12.9. The fraction of sp³-hybridized carbons (Fsp3) is 0.318. The molecule has 3 aromatic rings. The number of carbonyl (C=O) groups excluding carboxylic acids is 1. The fourth-order valence-corrected chi connectivity index (χ4v) is 3.85. The number of anilines is 1. The van der Waals surface area contributed by atoms with Gasteiger partial charge in [0.05, 0.1) is 19.2 Å². The molecule has 0 bridgehead atoms. The lowest BCUT2D eigenvalue weighted by molar-refractivity contribution is -0.123. The summed E-state index contributed by atoms with van der Waals surface area (Å²) < 4.78 is 12.2. The van der Waals surface area contributed by atoms with Crippen molar-refractivity contribution in [3.05, 3.63) is 71.5 Å².